The molecule has 5 atom stereocenters. The summed E-state index contributed by atoms with van der Waals surface area (Å²) in [7, 11) is 4.23. The van der Waals surface area contributed by atoms with E-state index in [9.17, 15) is 4.79 Å². The summed E-state index contributed by atoms with van der Waals surface area (Å²) in [6.07, 6.45) is 7.78. The van der Waals surface area contributed by atoms with E-state index in [2.05, 4.69) is 21.6 Å². The molecule has 5 unspecified atom stereocenters. The van der Waals surface area contributed by atoms with Gasteiger partial charge in [0.25, 0.3) is 0 Å². The molecule has 2 aliphatic carbocycles. The van der Waals surface area contributed by atoms with Crippen LogP contribution in [0.5, 0.6) is 0 Å². The van der Waals surface area contributed by atoms with E-state index in [-0.39, 0.29) is 0 Å². The number of hydrogen-bond donors (Lipinski definition) is 0. The molecule has 0 spiro atoms. The van der Waals surface area contributed by atoms with Crippen molar-refractivity contribution >= 4 is 27.9 Å². The zero-order valence-electron chi connectivity index (χ0n) is 8.22. The average Bonchev–Trinajstić information content (AvgIpc) is 2.65. The highest BCUT2D eigenvalue weighted by Gasteiger charge is 2.49. The Balaban J connectivity index is 1.86. The molecule has 3 heteroatoms. The highest BCUT2D eigenvalue weighted by atomic mass is 33.1. The van der Waals surface area contributed by atoms with Crippen LogP contribution in [0.3, 0.4) is 0 Å². The Bertz CT molecular complexity index is 237. The lowest BCUT2D eigenvalue weighted by atomic mass is 9.65. The van der Waals surface area contributed by atoms with E-state index in [1.807, 2.05) is 0 Å². The second kappa shape index (κ2) is 3.75. The van der Waals surface area contributed by atoms with E-state index in [4.69, 9.17) is 0 Å². The predicted molar refractivity (Wildman–Crippen MR) is 62.4 cm³/mol. The summed E-state index contributed by atoms with van der Waals surface area (Å²) in [6.45, 7) is 0. The zero-order chi connectivity index (χ0) is 9.54. The van der Waals surface area contributed by atoms with Crippen molar-refractivity contribution < 1.29 is 4.79 Å². The van der Waals surface area contributed by atoms with Crippen LogP contribution in [0.4, 0.5) is 0 Å². The predicted octanol–water partition coefficient (Wildman–Crippen LogP) is 3.14. The quantitative estimate of drug-likeness (QED) is 0.507. The van der Waals surface area contributed by atoms with Crippen molar-refractivity contribution in [3.8, 4) is 0 Å². The molecular formula is C11H16OS2. The maximum atomic E-state index is 11.0. The first-order valence-corrected chi connectivity index (χ1v) is 7.95. The van der Waals surface area contributed by atoms with Gasteiger partial charge in [-0.15, -0.1) is 0 Å². The third-order valence-electron chi connectivity index (χ3n) is 4.19. The van der Waals surface area contributed by atoms with E-state index in [1.54, 1.807) is 0 Å². The monoisotopic (exact) mass is 228 g/mol. The minimum absolute atomic E-state index is 0.401. The van der Waals surface area contributed by atoms with Crippen LogP contribution < -0.4 is 0 Å². The molecule has 3 fully saturated rings. The first-order valence-electron chi connectivity index (χ1n) is 5.67. The fourth-order valence-electron chi connectivity index (χ4n) is 3.53. The lowest BCUT2D eigenvalue weighted by molar-refractivity contribution is -0.114. The normalized spacial score (nSPS) is 51.3. The van der Waals surface area contributed by atoms with Gasteiger partial charge in [-0.25, -0.2) is 0 Å². The highest BCUT2D eigenvalue weighted by molar-refractivity contribution is 8.77. The van der Waals surface area contributed by atoms with Crippen LogP contribution in [-0.4, -0.2) is 16.8 Å². The van der Waals surface area contributed by atoms with Crippen molar-refractivity contribution in [1.82, 2.24) is 0 Å². The summed E-state index contributed by atoms with van der Waals surface area (Å²) >= 11 is 0. The summed E-state index contributed by atoms with van der Waals surface area (Å²) in [4.78, 5) is 11.0. The largest absolute Gasteiger partial charge is 0.303 e. The Morgan fingerprint density at radius 2 is 1.79 bits per heavy atom. The number of hydrogen-bond acceptors (Lipinski definition) is 3. The summed E-state index contributed by atoms with van der Waals surface area (Å²) in [6, 6.07) is 0. The van der Waals surface area contributed by atoms with Crippen LogP contribution in [-0.2, 0) is 4.79 Å². The molecule has 0 bridgehead atoms. The summed E-state index contributed by atoms with van der Waals surface area (Å²) in [5.74, 6) is 2.02. The van der Waals surface area contributed by atoms with Crippen LogP contribution in [0.1, 0.15) is 32.1 Å². The fraction of sp³-hybridized carbons (Fsp3) is 0.909. The Morgan fingerprint density at radius 1 is 1.00 bits per heavy atom. The first kappa shape index (κ1) is 9.59. The van der Waals surface area contributed by atoms with Gasteiger partial charge in [0, 0.05) is 16.4 Å². The second-order valence-electron chi connectivity index (χ2n) is 4.82. The number of carbonyl (C=O) groups excluding carboxylic acids is 1. The average molecular weight is 228 g/mol. The van der Waals surface area contributed by atoms with Gasteiger partial charge in [0.15, 0.2) is 0 Å². The van der Waals surface area contributed by atoms with Gasteiger partial charge in [0.2, 0.25) is 0 Å². The molecule has 0 aromatic heterocycles. The minimum atomic E-state index is 0.401. The molecular weight excluding hydrogens is 212 g/mol. The molecule has 3 aliphatic rings. The van der Waals surface area contributed by atoms with Gasteiger partial charge in [0.1, 0.15) is 6.29 Å². The van der Waals surface area contributed by atoms with E-state index < -0.39 is 0 Å². The summed E-state index contributed by atoms with van der Waals surface area (Å²) in [5.41, 5.74) is 0. The standard InChI is InChI=1S/C11H16OS2/c12-6-7-4-5-10-11-8(7)2-1-3-9(11)13-14-10/h6-11H,1-5H2. The van der Waals surface area contributed by atoms with Gasteiger partial charge in [-0.3, -0.25) is 0 Å². The molecule has 0 aromatic rings. The third-order valence-corrected chi connectivity index (χ3v) is 7.71. The molecule has 0 amide bonds. The molecule has 1 saturated heterocycles. The summed E-state index contributed by atoms with van der Waals surface area (Å²) in [5, 5.41) is 1.76. The molecule has 78 valence electrons. The molecule has 3 rings (SSSR count). The fourth-order valence-corrected chi connectivity index (χ4v) is 7.65. The SMILES string of the molecule is O=CC1CCC2SSC3CCCC1C32. The Labute approximate surface area is 93.2 Å². The lowest BCUT2D eigenvalue weighted by Gasteiger charge is -2.42. The maximum Gasteiger partial charge on any atom is 0.123 e. The van der Waals surface area contributed by atoms with Gasteiger partial charge in [-0.2, -0.15) is 0 Å². The van der Waals surface area contributed by atoms with E-state index in [0.29, 0.717) is 5.92 Å². The Morgan fingerprint density at radius 3 is 2.57 bits per heavy atom. The van der Waals surface area contributed by atoms with Crippen LogP contribution in [0, 0.1) is 17.8 Å². The molecule has 1 aliphatic heterocycles. The minimum Gasteiger partial charge on any atom is -0.303 e. The molecule has 0 N–H and O–H groups in total. The van der Waals surface area contributed by atoms with Crippen LogP contribution in [0.15, 0.2) is 0 Å². The van der Waals surface area contributed by atoms with Crippen LogP contribution >= 0.6 is 21.6 Å². The van der Waals surface area contributed by atoms with Gasteiger partial charge in [-0.1, -0.05) is 28.0 Å². The van der Waals surface area contributed by atoms with Gasteiger partial charge >= 0.3 is 0 Å². The smallest absolute Gasteiger partial charge is 0.123 e. The van der Waals surface area contributed by atoms with Crippen LogP contribution in [0.25, 0.3) is 0 Å². The van der Waals surface area contributed by atoms with Crippen molar-refractivity contribution in [2.24, 2.45) is 17.8 Å². The van der Waals surface area contributed by atoms with E-state index >= 15 is 0 Å². The van der Waals surface area contributed by atoms with Gasteiger partial charge < -0.3 is 4.79 Å². The maximum absolute atomic E-state index is 11.0. The van der Waals surface area contributed by atoms with Gasteiger partial charge in [0.05, 0.1) is 0 Å². The van der Waals surface area contributed by atoms with Crippen molar-refractivity contribution in [3.63, 3.8) is 0 Å². The molecule has 0 aromatic carbocycles. The topological polar surface area (TPSA) is 17.1 Å². The molecule has 0 radical (unpaired) electrons. The van der Waals surface area contributed by atoms with E-state index in [1.165, 1.54) is 32.0 Å². The number of rotatable bonds is 1. The highest BCUT2D eigenvalue weighted by Crippen LogP contribution is 2.60. The first-order chi connectivity index (χ1) is 6.90. The van der Waals surface area contributed by atoms with Gasteiger partial charge in [-0.05, 0) is 37.5 Å². The number of carbonyl (C=O) groups is 1. The Kier molecular flexibility index (Phi) is 2.56. The molecule has 1 nitrogen and oxygen atoms in total. The van der Waals surface area contributed by atoms with Crippen LogP contribution in [0.2, 0.25) is 0 Å². The second-order valence-corrected chi connectivity index (χ2v) is 7.57. The summed E-state index contributed by atoms with van der Waals surface area (Å²) < 4.78 is 0. The van der Waals surface area contributed by atoms with E-state index in [0.717, 1.165) is 28.8 Å². The van der Waals surface area contributed by atoms with Crippen molar-refractivity contribution in [2.45, 2.75) is 42.6 Å². The molecule has 1 heterocycles. The zero-order valence-corrected chi connectivity index (χ0v) is 9.86. The molecule has 2 saturated carbocycles. The number of aldehydes is 1. The van der Waals surface area contributed by atoms with Crippen molar-refractivity contribution in [3.05, 3.63) is 0 Å². The third kappa shape index (κ3) is 1.35. The van der Waals surface area contributed by atoms with Crippen molar-refractivity contribution in [1.29, 1.82) is 0 Å². The Hall–Kier alpha value is 0.370. The van der Waals surface area contributed by atoms with Crippen molar-refractivity contribution in [2.75, 3.05) is 0 Å². The molecule has 14 heavy (non-hydrogen) atoms. The lowest BCUT2D eigenvalue weighted by Crippen LogP contribution is -2.41.